The minimum atomic E-state index is -0.726. The van der Waals surface area contributed by atoms with Crippen LogP contribution in [-0.2, 0) is 12.0 Å². The highest BCUT2D eigenvalue weighted by molar-refractivity contribution is 6.06. The van der Waals surface area contributed by atoms with Crippen LogP contribution in [0.1, 0.15) is 42.6 Å². The maximum atomic E-state index is 13.1. The maximum Gasteiger partial charge on any atom is 0.260 e. The van der Waals surface area contributed by atoms with Crippen LogP contribution in [0.4, 0.5) is 5.82 Å². The molecule has 4 rings (SSSR count). The number of nitrogens with zero attached hydrogens (tertiary/aromatic N) is 5. The average Bonchev–Trinajstić information content (AvgIpc) is 3.21. The summed E-state index contributed by atoms with van der Waals surface area (Å²) in [5.74, 6) is 1.20. The van der Waals surface area contributed by atoms with Gasteiger partial charge >= 0.3 is 0 Å². The van der Waals surface area contributed by atoms with Crippen molar-refractivity contribution in [1.29, 1.82) is 5.26 Å². The number of carbonyl (C=O) groups is 1. The molecule has 2 aromatic heterocycles. The molecule has 0 aliphatic carbocycles. The van der Waals surface area contributed by atoms with Crippen LogP contribution >= 0.6 is 0 Å². The predicted octanol–water partition coefficient (Wildman–Crippen LogP) is 3.57. The van der Waals surface area contributed by atoms with Crippen molar-refractivity contribution in [2.24, 2.45) is 0 Å². The lowest BCUT2D eigenvalue weighted by Crippen LogP contribution is -2.19. The number of benzene rings is 1. The molecule has 8 nitrogen and oxygen atoms in total. The van der Waals surface area contributed by atoms with E-state index < -0.39 is 5.41 Å². The summed E-state index contributed by atoms with van der Waals surface area (Å²) in [5.41, 5.74) is 1.04. The van der Waals surface area contributed by atoms with Gasteiger partial charge in [0.25, 0.3) is 5.91 Å². The summed E-state index contributed by atoms with van der Waals surface area (Å²) >= 11 is 0. The predicted molar refractivity (Wildman–Crippen MR) is 111 cm³/mol. The van der Waals surface area contributed by atoms with Crippen molar-refractivity contribution in [1.82, 2.24) is 19.7 Å². The number of pyridine rings is 1. The van der Waals surface area contributed by atoms with Crippen molar-refractivity contribution in [2.75, 3.05) is 11.9 Å². The summed E-state index contributed by atoms with van der Waals surface area (Å²) in [6.45, 7) is 4.85. The first-order valence-corrected chi connectivity index (χ1v) is 9.83. The van der Waals surface area contributed by atoms with Crippen LogP contribution < -0.4 is 10.1 Å². The molecular formula is C22H22N6O2. The Morgan fingerprint density at radius 3 is 2.93 bits per heavy atom. The van der Waals surface area contributed by atoms with Crippen LogP contribution in [0, 0.1) is 11.3 Å². The van der Waals surface area contributed by atoms with Crippen LogP contribution in [0.15, 0.2) is 42.7 Å². The van der Waals surface area contributed by atoms with Crippen molar-refractivity contribution in [2.45, 2.75) is 38.6 Å². The number of carbonyl (C=O) groups excluding carboxylic acids is 1. The second-order valence-corrected chi connectivity index (χ2v) is 7.71. The quantitative estimate of drug-likeness (QED) is 0.667. The van der Waals surface area contributed by atoms with E-state index in [1.54, 1.807) is 24.5 Å². The first kappa shape index (κ1) is 19.6. The number of aromatic nitrogens is 4. The van der Waals surface area contributed by atoms with Gasteiger partial charge in [-0.15, -0.1) is 10.2 Å². The van der Waals surface area contributed by atoms with Crippen LogP contribution in [-0.4, -0.2) is 32.3 Å². The van der Waals surface area contributed by atoms with Gasteiger partial charge < -0.3 is 14.6 Å². The molecule has 0 saturated carbocycles. The molecule has 0 radical (unpaired) electrons. The largest absolute Gasteiger partial charge is 0.493 e. The minimum Gasteiger partial charge on any atom is -0.493 e. The molecule has 1 N–H and O–H groups in total. The molecule has 1 aromatic carbocycles. The molecule has 8 heteroatoms. The summed E-state index contributed by atoms with van der Waals surface area (Å²) in [4.78, 5) is 17.6. The molecule has 0 fully saturated rings. The van der Waals surface area contributed by atoms with Crippen molar-refractivity contribution in [3.8, 4) is 23.3 Å². The summed E-state index contributed by atoms with van der Waals surface area (Å²) in [5, 5.41) is 20.5. The van der Waals surface area contributed by atoms with Gasteiger partial charge in [-0.3, -0.25) is 4.79 Å². The second kappa shape index (κ2) is 7.95. The summed E-state index contributed by atoms with van der Waals surface area (Å²) in [7, 11) is 0. The molecule has 0 spiro atoms. The molecule has 152 valence electrons. The highest BCUT2D eigenvalue weighted by Gasteiger charge is 2.24. The highest BCUT2D eigenvalue weighted by atomic mass is 16.5. The number of anilines is 1. The van der Waals surface area contributed by atoms with Gasteiger partial charge in [0.15, 0.2) is 5.82 Å². The standard InChI is InChI=1S/C22H22N6O2/c1-22(2,13-23)15-8-9-18-16(12-15)21(29)26-19-7-5-6-17(25-19)20-27-24-14-28(20)10-3-4-11-30-18/h5-9,12,14H,3-4,10-11H2,1-2H3,(H,25,26,29). The average molecular weight is 402 g/mol. The lowest BCUT2D eigenvalue weighted by Gasteiger charge is -2.19. The monoisotopic (exact) mass is 402 g/mol. The zero-order valence-electron chi connectivity index (χ0n) is 16.9. The molecule has 3 heterocycles. The van der Waals surface area contributed by atoms with E-state index in [9.17, 15) is 10.1 Å². The van der Waals surface area contributed by atoms with Crippen LogP contribution in [0.25, 0.3) is 11.5 Å². The lowest BCUT2D eigenvalue weighted by molar-refractivity contribution is 0.102. The van der Waals surface area contributed by atoms with E-state index in [-0.39, 0.29) is 5.91 Å². The highest BCUT2D eigenvalue weighted by Crippen LogP contribution is 2.29. The molecule has 0 atom stereocenters. The van der Waals surface area contributed by atoms with E-state index in [2.05, 4.69) is 26.6 Å². The van der Waals surface area contributed by atoms with Crippen molar-refractivity contribution in [3.05, 3.63) is 53.9 Å². The van der Waals surface area contributed by atoms with Gasteiger partial charge in [0.1, 0.15) is 23.6 Å². The Hall–Kier alpha value is -3.73. The third-order valence-corrected chi connectivity index (χ3v) is 5.11. The number of nitrogens with one attached hydrogen (secondary N) is 1. The fourth-order valence-corrected chi connectivity index (χ4v) is 3.28. The van der Waals surface area contributed by atoms with Gasteiger partial charge in [-0.25, -0.2) is 4.98 Å². The number of amides is 1. The fraction of sp³-hybridized carbons (Fsp3) is 0.318. The third-order valence-electron chi connectivity index (χ3n) is 5.11. The zero-order valence-corrected chi connectivity index (χ0v) is 16.9. The minimum absolute atomic E-state index is 0.344. The Labute approximate surface area is 174 Å². The van der Waals surface area contributed by atoms with Crippen molar-refractivity contribution < 1.29 is 9.53 Å². The number of hydrogen-bond donors (Lipinski definition) is 1. The molecule has 0 saturated heterocycles. The second-order valence-electron chi connectivity index (χ2n) is 7.71. The number of ether oxygens (including phenoxy) is 1. The number of aryl methyl sites for hydroxylation is 1. The Morgan fingerprint density at radius 1 is 1.23 bits per heavy atom. The molecule has 1 aliphatic rings. The van der Waals surface area contributed by atoms with Gasteiger partial charge in [0, 0.05) is 6.54 Å². The molecule has 30 heavy (non-hydrogen) atoms. The van der Waals surface area contributed by atoms with Crippen LogP contribution in [0.5, 0.6) is 5.75 Å². The first-order chi connectivity index (χ1) is 14.5. The molecule has 0 unspecified atom stereocenters. The van der Waals surface area contributed by atoms with Gasteiger partial charge in [-0.1, -0.05) is 12.1 Å². The van der Waals surface area contributed by atoms with E-state index in [4.69, 9.17) is 4.74 Å². The van der Waals surface area contributed by atoms with E-state index in [0.717, 1.165) is 24.9 Å². The van der Waals surface area contributed by atoms with Gasteiger partial charge in [0.05, 0.1) is 23.7 Å². The Morgan fingerprint density at radius 2 is 2.10 bits per heavy atom. The molecule has 2 bridgehead atoms. The fourth-order valence-electron chi connectivity index (χ4n) is 3.28. The Bertz CT molecular complexity index is 1130. The van der Waals surface area contributed by atoms with E-state index in [1.807, 2.05) is 36.6 Å². The Kier molecular flexibility index (Phi) is 5.19. The lowest BCUT2D eigenvalue weighted by atomic mass is 9.85. The van der Waals surface area contributed by atoms with E-state index in [0.29, 0.717) is 35.3 Å². The SMILES string of the molecule is CC(C)(C#N)c1ccc2c(c1)C(=O)Nc1cccc(n1)-c1nncn1CCCCO2. The molecule has 1 amide bonds. The Balaban J connectivity index is 1.75. The summed E-state index contributed by atoms with van der Waals surface area (Å²) in [6, 6.07) is 13.0. The normalized spacial score (nSPS) is 14.4. The van der Waals surface area contributed by atoms with Gasteiger partial charge in [0.2, 0.25) is 0 Å². The topological polar surface area (TPSA) is 106 Å². The number of rotatable bonds is 1. The molecular weight excluding hydrogens is 380 g/mol. The zero-order chi connectivity index (χ0) is 21.1. The number of fused-ring (bicyclic) bond motifs is 5. The van der Waals surface area contributed by atoms with Crippen LogP contribution in [0.3, 0.4) is 0 Å². The van der Waals surface area contributed by atoms with E-state index >= 15 is 0 Å². The van der Waals surface area contributed by atoms with Crippen molar-refractivity contribution >= 4 is 11.7 Å². The molecule has 1 aliphatic heterocycles. The molecule has 3 aromatic rings. The number of hydrogen-bond acceptors (Lipinski definition) is 6. The summed E-state index contributed by atoms with van der Waals surface area (Å²) < 4.78 is 7.87. The first-order valence-electron chi connectivity index (χ1n) is 9.83. The number of nitriles is 1. The maximum absolute atomic E-state index is 13.1. The smallest absolute Gasteiger partial charge is 0.260 e. The van der Waals surface area contributed by atoms with Gasteiger partial charge in [-0.05, 0) is 56.5 Å². The van der Waals surface area contributed by atoms with Crippen molar-refractivity contribution in [3.63, 3.8) is 0 Å². The third kappa shape index (κ3) is 3.87. The van der Waals surface area contributed by atoms with Gasteiger partial charge in [-0.2, -0.15) is 5.26 Å². The van der Waals surface area contributed by atoms with E-state index in [1.165, 1.54) is 0 Å². The summed E-state index contributed by atoms with van der Waals surface area (Å²) in [6.07, 6.45) is 3.35. The van der Waals surface area contributed by atoms with Crippen LogP contribution in [0.2, 0.25) is 0 Å².